The van der Waals surface area contributed by atoms with Gasteiger partial charge in [-0.25, -0.2) is 9.18 Å². The average Bonchev–Trinajstić information content (AvgIpc) is 2.85. The van der Waals surface area contributed by atoms with Crippen LogP contribution in [0.25, 0.3) is 11.0 Å². The van der Waals surface area contributed by atoms with E-state index in [1.165, 1.54) is 18.2 Å². The second-order valence-electron chi connectivity index (χ2n) is 4.76. The summed E-state index contributed by atoms with van der Waals surface area (Å²) >= 11 is 0. The summed E-state index contributed by atoms with van der Waals surface area (Å²) in [6.45, 7) is 1.69. The summed E-state index contributed by atoms with van der Waals surface area (Å²) in [6, 6.07) is 10.7. The van der Waals surface area contributed by atoms with Crippen LogP contribution in [-0.2, 0) is 0 Å². The topological polar surface area (TPSA) is 48.7 Å². The van der Waals surface area contributed by atoms with Crippen molar-refractivity contribution in [3.8, 4) is 11.5 Å². The van der Waals surface area contributed by atoms with Crippen LogP contribution >= 0.6 is 0 Å². The molecule has 0 aliphatic rings. The van der Waals surface area contributed by atoms with Gasteiger partial charge in [0.25, 0.3) is 0 Å². The number of ether oxygens (including phenoxy) is 2. The SMILES string of the molecule is COc1ccc(OC(=O)c2oc3ccc(F)cc3c2C)cc1. The number of carbonyl (C=O) groups excluding carboxylic acids is 1. The maximum absolute atomic E-state index is 13.3. The Labute approximate surface area is 126 Å². The predicted molar refractivity (Wildman–Crippen MR) is 78.9 cm³/mol. The maximum atomic E-state index is 13.3. The van der Waals surface area contributed by atoms with Crippen molar-refractivity contribution >= 4 is 16.9 Å². The fourth-order valence-corrected chi connectivity index (χ4v) is 2.18. The van der Waals surface area contributed by atoms with Crippen LogP contribution in [0.5, 0.6) is 11.5 Å². The Balaban J connectivity index is 1.89. The average molecular weight is 300 g/mol. The highest BCUT2D eigenvalue weighted by Crippen LogP contribution is 2.27. The Bertz CT molecular complexity index is 834. The molecule has 0 atom stereocenters. The molecule has 112 valence electrons. The molecule has 0 saturated heterocycles. The highest BCUT2D eigenvalue weighted by molar-refractivity contribution is 5.96. The van der Waals surface area contributed by atoms with Crippen molar-refractivity contribution in [1.82, 2.24) is 0 Å². The molecule has 0 amide bonds. The Kier molecular flexibility index (Phi) is 3.55. The highest BCUT2D eigenvalue weighted by Gasteiger charge is 2.20. The third-order valence-electron chi connectivity index (χ3n) is 3.35. The number of hydrogen-bond acceptors (Lipinski definition) is 4. The Hall–Kier alpha value is -2.82. The van der Waals surface area contributed by atoms with E-state index >= 15 is 0 Å². The zero-order chi connectivity index (χ0) is 15.7. The minimum Gasteiger partial charge on any atom is -0.497 e. The van der Waals surface area contributed by atoms with Crippen LogP contribution in [0.2, 0.25) is 0 Å². The fourth-order valence-electron chi connectivity index (χ4n) is 2.18. The molecule has 0 unspecified atom stereocenters. The van der Waals surface area contributed by atoms with Gasteiger partial charge in [0, 0.05) is 10.9 Å². The van der Waals surface area contributed by atoms with Gasteiger partial charge < -0.3 is 13.9 Å². The van der Waals surface area contributed by atoms with Gasteiger partial charge in [-0.15, -0.1) is 0 Å². The molecule has 0 aliphatic carbocycles. The molecule has 5 heteroatoms. The fraction of sp³-hybridized carbons (Fsp3) is 0.118. The number of benzene rings is 2. The van der Waals surface area contributed by atoms with Crippen LogP contribution in [0.4, 0.5) is 4.39 Å². The van der Waals surface area contributed by atoms with Crippen molar-refractivity contribution < 1.29 is 23.1 Å². The largest absolute Gasteiger partial charge is 0.497 e. The van der Waals surface area contributed by atoms with E-state index in [0.717, 1.165) is 0 Å². The Morgan fingerprint density at radius 1 is 1.09 bits per heavy atom. The lowest BCUT2D eigenvalue weighted by atomic mass is 10.1. The maximum Gasteiger partial charge on any atom is 0.379 e. The first-order valence-corrected chi connectivity index (χ1v) is 6.63. The molecule has 0 saturated carbocycles. The van der Waals surface area contributed by atoms with Crippen LogP contribution in [0.1, 0.15) is 16.1 Å². The van der Waals surface area contributed by atoms with Crippen molar-refractivity contribution in [3.63, 3.8) is 0 Å². The third-order valence-corrected chi connectivity index (χ3v) is 3.35. The number of carbonyl (C=O) groups is 1. The van der Waals surface area contributed by atoms with Gasteiger partial charge in [0.1, 0.15) is 22.9 Å². The molecule has 0 N–H and O–H groups in total. The smallest absolute Gasteiger partial charge is 0.379 e. The monoisotopic (exact) mass is 300 g/mol. The molecule has 4 nitrogen and oxygen atoms in total. The van der Waals surface area contributed by atoms with E-state index in [0.29, 0.717) is 28.0 Å². The van der Waals surface area contributed by atoms with E-state index in [-0.39, 0.29) is 11.6 Å². The van der Waals surface area contributed by atoms with Crippen molar-refractivity contribution in [2.75, 3.05) is 7.11 Å². The lowest BCUT2D eigenvalue weighted by molar-refractivity contribution is 0.0702. The van der Waals surface area contributed by atoms with Gasteiger partial charge in [-0.2, -0.15) is 0 Å². The molecule has 3 aromatic rings. The third kappa shape index (κ3) is 2.53. The zero-order valence-corrected chi connectivity index (χ0v) is 12.1. The van der Waals surface area contributed by atoms with Gasteiger partial charge in [-0.1, -0.05) is 0 Å². The van der Waals surface area contributed by atoms with E-state index in [2.05, 4.69) is 0 Å². The number of rotatable bonds is 3. The molecule has 0 radical (unpaired) electrons. The van der Waals surface area contributed by atoms with E-state index in [9.17, 15) is 9.18 Å². The summed E-state index contributed by atoms with van der Waals surface area (Å²) in [4.78, 5) is 12.2. The minimum atomic E-state index is -0.626. The molecule has 22 heavy (non-hydrogen) atoms. The Morgan fingerprint density at radius 2 is 1.77 bits per heavy atom. The molecular weight excluding hydrogens is 287 g/mol. The number of halogens is 1. The summed E-state index contributed by atoms with van der Waals surface area (Å²) in [5.41, 5.74) is 0.994. The molecule has 0 aliphatic heterocycles. The summed E-state index contributed by atoms with van der Waals surface area (Å²) in [5.74, 6) is 0.0918. The van der Waals surface area contributed by atoms with Gasteiger partial charge in [0.2, 0.25) is 5.76 Å². The second kappa shape index (κ2) is 5.52. The van der Waals surface area contributed by atoms with E-state index in [1.54, 1.807) is 38.3 Å². The second-order valence-corrected chi connectivity index (χ2v) is 4.76. The summed E-state index contributed by atoms with van der Waals surface area (Å²) in [5, 5.41) is 0.557. The van der Waals surface area contributed by atoms with Crippen LogP contribution in [0.3, 0.4) is 0 Å². The molecule has 2 aromatic carbocycles. The van der Waals surface area contributed by atoms with Crippen LogP contribution in [0.15, 0.2) is 46.9 Å². The quantitative estimate of drug-likeness (QED) is 0.539. The summed E-state index contributed by atoms with van der Waals surface area (Å²) in [7, 11) is 1.55. The summed E-state index contributed by atoms with van der Waals surface area (Å²) in [6.07, 6.45) is 0. The van der Waals surface area contributed by atoms with E-state index < -0.39 is 5.97 Å². The number of furan rings is 1. The first-order valence-electron chi connectivity index (χ1n) is 6.63. The molecule has 1 aromatic heterocycles. The minimum absolute atomic E-state index is 0.0661. The van der Waals surface area contributed by atoms with E-state index in [4.69, 9.17) is 13.9 Å². The number of hydrogen-bond donors (Lipinski definition) is 0. The highest BCUT2D eigenvalue weighted by atomic mass is 19.1. The lowest BCUT2D eigenvalue weighted by Crippen LogP contribution is -2.08. The number of methoxy groups -OCH3 is 1. The molecule has 3 rings (SSSR count). The van der Waals surface area contributed by atoms with Crippen LogP contribution in [0, 0.1) is 12.7 Å². The number of fused-ring (bicyclic) bond motifs is 1. The molecule has 0 spiro atoms. The predicted octanol–water partition coefficient (Wildman–Crippen LogP) is 4.11. The van der Waals surface area contributed by atoms with Gasteiger partial charge in [0.15, 0.2) is 0 Å². The van der Waals surface area contributed by atoms with Gasteiger partial charge in [-0.3, -0.25) is 0 Å². The van der Waals surface area contributed by atoms with Gasteiger partial charge in [0.05, 0.1) is 7.11 Å². The number of aryl methyl sites for hydroxylation is 1. The van der Waals surface area contributed by atoms with Gasteiger partial charge >= 0.3 is 5.97 Å². The van der Waals surface area contributed by atoms with Crippen LogP contribution in [-0.4, -0.2) is 13.1 Å². The molecular formula is C17H13FO4. The molecule has 0 bridgehead atoms. The van der Waals surface area contributed by atoms with Crippen molar-refractivity contribution in [3.05, 3.63) is 59.6 Å². The van der Waals surface area contributed by atoms with Crippen molar-refractivity contribution in [1.29, 1.82) is 0 Å². The van der Waals surface area contributed by atoms with E-state index in [1.807, 2.05) is 0 Å². The van der Waals surface area contributed by atoms with Crippen molar-refractivity contribution in [2.24, 2.45) is 0 Å². The number of esters is 1. The normalized spacial score (nSPS) is 10.7. The Morgan fingerprint density at radius 3 is 2.45 bits per heavy atom. The standard InChI is InChI=1S/C17H13FO4/c1-10-14-9-11(18)3-8-15(14)22-16(10)17(19)21-13-6-4-12(20-2)5-7-13/h3-9H,1-2H3. The molecule has 0 fully saturated rings. The zero-order valence-electron chi connectivity index (χ0n) is 12.1. The van der Waals surface area contributed by atoms with Crippen LogP contribution < -0.4 is 9.47 Å². The van der Waals surface area contributed by atoms with Crippen molar-refractivity contribution in [2.45, 2.75) is 6.92 Å². The molecule has 1 heterocycles. The first kappa shape index (κ1) is 14.1. The summed E-state index contributed by atoms with van der Waals surface area (Å²) < 4.78 is 29.0. The first-order chi connectivity index (χ1) is 10.6. The lowest BCUT2D eigenvalue weighted by Gasteiger charge is -2.04. The van der Waals surface area contributed by atoms with Gasteiger partial charge in [-0.05, 0) is 49.4 Å².